The lowest BCUT2D eigenvalue weighted by Crippen LogP contribution is -2.21. The van der Waals surface area contributed by atoms with E-state index in [2.05, 4.69) is 0 Å². The number of aliphatic hydroxyl groups excluding tert-OH is 1. The molecule has 1 aliphatic carbocycles. The summed E-state index contributed by atoms with van der Waals surface area (Å²) in [6.45, 7) is 1.80. The first-order valence-corrected chi connectivity index (χ1v) is 6.52. The molecular weight excluding hydrogens is 272 g/mol. The monoisotopic (exact) mass is 286 g/mol. The van der Waals surface area contributed by atoms with Crippen LogP contribution in [0.5, 0.6) is 0 Å². The van der Waals surface area contributed by atoms with Gasteiger partial charge in [-0.25, -0.2) is 4.79 Å². The van der Waals surface area contributed by atoms with Gasteiger partial charge in [-0.15, -0.1) is 0 Å². The first kappa shape index (κ1) is 14.7. The lowest BCUT2D eigenvalue weighted by Gasteiger charge is -2.15. The Balaban J connectivity index is 2.57. The number of allylic oxidation sites excluding steroid dienone is 3. The number of carbonyl (C=O) groups excluding carboxylic acids is 2. The Labute approximate surface area is 121 Å². The van der Waals surface area contributed by atoms with Gasteiger partial charge in [-0.3, -0.25) is 9.59 Å². The SMILES string of the molecule is CCC/C(=C\C1=C(O)C(=O)c2ccccc2C1=O)C(=O)O. The van der Waals surface area contributed by atoms with Crippen LogP contribution in [-0.2, 0) is 4.79 Å². The van der Waals surface area contributed by atoms with Crippen LogP contribution in [0.1, 0.15) is 40.5 Å². The molecule has 0 spiro atoms. The molecule has 0 saturated heterocycles. The minimum absolute atomic E-state index is 0.0143. The molecule has 1 aromatic rings. The molecule has 0 unspecified atom stereocenters. The molecule has 108 valence electrons. The molecule has 0 fully saturated rings. The van der Waals surface area contributed by atoms with Crippen LogP contribution in [0.15, 0.2) is 47.2 Å². The highest BCUT2D eigenvalue weighted by atomic mass is 16.4. The Hall–Kier alpha value is -2.69. The maximum absolute atomic E-state index is 12.3. The number of ketones is 2. The van der Waals surface area contributed by atoms with Gasteiger partial charge < -0.3 is 10.2 Å². The van der Waals surface area contributed by atoms with E-state index in [0.717, 1.165) is 6.08 Å². The van der Waals surface area contributed by atoms with Crippen molar-refractivity contribution in [2.75, 3.05) is 0 Å². The van der Waals surface area contributed by atoms with Crippen LogP contribution in [0.4, 0.5) is 0 Å². The standard InChI is InChI=1S/C16H14O5/c1-2-5-9(16(20)21)8-12-13(17)10-6-3-4-7-11(10)14(18)15(12)19/h3-4,6-8,19H,2,5H2,1H3,(H,20,21)/b9-8+. The third-order valence-electron chi connectivity index (χ3n) is 3.24. The fourth-order valence-corrected chi connectivity index (χ4v) is 2.20. The van der Waals surface area contributed by atoms with Crippen LogP contribution in [-0.4, -0.2) is 27.7 Å². The van der Waals surface area contributed by atoms with E-state index in [-0.39, 0.29) is 28.7 Å². The second-order valence-electron chi connectivity index (χ2n) is 4.69. The van der Waals surface area contributed by atoms with Gasteiger partial charge in [-0.2, -0.15) is 0 Å². The van der Waals surface area contributed by atoms with Crippen molar-refractivity contribution < 1.29 is 24.6 Å². The van der Waals surface area contributed by atoms with Crippen molar-refractivity contribution in [3.8, 4) is 0 Å². The number of carbonyl (C=O) groups is 3. The largest absolute Gasteiger partial charge is 0.504 e. The number of Topliss-reactive ketones (excluding diaryl/α,β-unsaturated/α-hetero) is 2. The molecule has 0 heterocycles. The minimum atomic E-state index is -1.17. The number of benzene rings is 1. The first-order valence-electron chi connectivity index (χ1n) is 6.52. The van der Waals surface area contributed by atoms with Gasteiger partial charge in [0.1, 0.15) is 0 Å². The number of carboxylic acid groups (broad SMARTS) is 1. The molecule has 0 bridgehead atoms. The van der Waals surface area contributed by atoms with Gasteiger partial charge in [0.05, 0.1) is 5.57 Å². The smallest absolute Gasteiger partial charge is 0.331 e. The number of aliphatic hydroxyl groups is 1. The predicted octanol–water partition coefficient (Wildman–Crippen LogP) is 2.69. The van der Waals surface area contributed by atoms with E-state index in [0.29, 0.717) is 6.42 Å². The summed E-state index contributed by atoms with van der Waals surface area (Å²) in [6, 6.07) is 6.14. The Morgan fingerprint density at radius 2 is 1.71 bits per heavy atom. The molecule has 5 nitrogen and oxygen atoms in total. The van der Waals surface area contributed by atoms with Crippen molar-refractivity contribution >= 4 is 17.5 Å². The van der Waals surface area contributed by atoms with Crippen LogP contribution in [0.3, 0.4) is 0 Å². The van der Waals surface area contributed by atoms with Crippen molar-refractivity contribution in [2.45, 2.75) is 19.8 Å². The van der Waals surface area contributed by atoms with Gasteiger partial charge in [-0.1, -0.05) is 37.6 Å². The number of fused-ring (bicyclic) bond motifs is 1. The molecular formula is C16H14O5. The van der Waals surface area contributed by atoms with Gasteiger partial charge in [0, 0.05) is 16.7 Å². The highest BCUT2D eigenvalue weighted by Gasteiger charge is 2.31. The highest BCUT2D eigenvalue weighted by molar-refractivity contribution is 6.27. The van der Waals surface area contributed by atoms with Crippen LogP contribution in [0.25, 0.3) is 0 Å². The van der Waals surface area contributed by atoms with Crippen molar-refractivity contribution in [2.24, 2.45) is 0 Å². The van der Waals surface area contributed by atoms with E-state index in [1.807, 2.05) is 0 Å². The molecule has 2 rings (SSSR count). The molecule has 0 radical (unpaired) electrons. The lowest BCUT2D eigenvalue weighted by molar-refractivity contribution is -0.132. The molecule has 0 amide bonds. The fourth-order valence-electron chi connectivity index (χ4n) is 2.20. The van der Waals surface area contributed by atoms with Crippen molar-refractivity contribution in [1.82, 2.24) is 0 Å². The molecule has 2 N–H and O–H groups in total. The summed E-state index contributed by atoms with van der Waals surface area (Å²) in [5, 5.41) is 19.0. The zero-order chi connectivity index (χ0) is 15.6. The summed E-state index contributed by atoms with van der Waals surface area (Å²) in [6.07, 6.45) is 1.91. The molecule has 5 heteroatoms. The second-order valence-corrected chi connectivity index (χ2v) is 4.69. The Kier molecular flexibility index (Phi) is 4.03. The highest BCUT2D eigenvalue weighted by Crippen LogP contribution is 2.27. The number of hydrogen-bond donors (Lipinski definition) is 2. The number of carboxylic acids is 1. The first-order chi connectivity index (χ1) is 9.97. The molecule has 21 heavy (non-hydrogen) atoms. The number of aliphatic carboxylic acids is 1. The molecule has 0 saturated carbocycles. The second kappa shape index (κ2) is 5.75. The van der Waals surface area contributed by atoms with Crippen molar-refractivity contribution in [3.05, 3.63) is 58.4 Å². The minimum Gasteiger partial charge on any atom is -0.504 e. The molecule has 1 aliphatic rings. The van der Waals surface area contributed by atoms with E-state index >= 15 is 0 Å². The predicted molar refractivity (Wildman–Crippen MR) is 75.4 cm³/mol. The summed E-state index contributed by atoms with van der Waals surface area (Å²) >= 11 is 0. The Morgan fingerprint density at radius 1 is 1.14 bits per heavy atom. The summed E-state index contributed by atoms with van der Waals surface area (Å²) in [7, 11) is 0. The number of rotatable bonds is 4. The van der Waals surface area contributed by atoms with E-state index < -0.39 is 23.3 Å². The van der Waals surface area contributed by atoms with Gasteiger partial charge in [0.2, 0.25) is 5.78 Å². The van der Waals surface area contributed by atoms with E-state index in [1.54, 1.807) is 19.1 Å². The van der Waals surface area contributed by atoms with Crippen LogP contribution < -0.4 is 0 Å². The zero-order valence-electron chi connectivity index (χ0n) is 11.4. The van der Waals surface area contributed by atoms with Crippen LogP contribution in [0.2, 0.25) is 0 Å². The van der Waals surface area contributed by atoms with Crippen molar-refractivity contribution in [3.63, 3.8) is 0 Å². The quantitative estimate of drug-likeness (QED) is 0.830. The third-order valence-corrected chi connectivity index (χ3v) is 3.24. The fraction of sp³-hybridized carbons (Fsp3) is 0.188. The van der Waals surface area contributed by atoms with Gasteiger partial charge in [-0.05, 0) is 12.5 Å². The van der Waals surface area contributed by atoms with Gasteiger partial charge >= 0.3 is 5.97 Å². The third kappa shape index (κ3) is 2.63. The summed E-state index contributed by atoms with van der Waals surface area (Å²) in [4.78, 5) is 35.5. The summed E-state index contributed by atoms with van der Waals surface area (Å²) < 4.78 is 0. The van der Waals surface area contributed by atoms with E-state index in [9.17, 15) is 19.5 Å². The van der Waals surface area contributed by atoms with Gasteiger partial charge in [0.25, 0.3) is 0 Å². The molecule has 0 atom stereocenters. The van der Waals surface area contributed by atoms with E-state index in [1.165, 1.54) is 12.1 Å². The topological polar surface area (TPSA) is 91.7 Å². The average Bonchev–Trinajstić information content (AvgIpc) is 2.48. The maximum Gasteiger partial charge on any atom is 0.331 e. The molecule has 0 aliphatic heterocycles. The summed E-state index contributed by atoms with van der Waals surface area (Å²) in [5.41, 5.74) is 0.0291. The Morgan fingerprint density at radius 3 is 2.24 bits per heavy atom. The van der Waals surface area contributed by atoms with Crippen LogP contribution >= 0.6 is 0 Å². The zero-order valence-corrected chi connectivity index (χ0v) is 11.4. The maximum atomic E-state index is 12.3. The molecule has 0 aromatic heterocycles. The Bertz CT molecular complexity index is 694. The average molecular weight is 286 g/mol. The normalized spacial score (nSPS) is 15.2. The summed E-state index contributed by atoms with van der Waals surface area (Å²) in [5.74, 6) is -3.08. The lowest BCUT2D eigenvalue weighted by atomic mass is 9.87. The van der Waals surface area contributed by atoms with Gasteiger partial charge in [0.15, 0.2) is 11.5 Å². The van der Waals surface area contributed by atoms with Crippen LogP contribution in [0, 0.1) is 0 Å². The number of hydrogen-bond acceptors (Lipinski definition) is 4. The van der Waals surface area contributed by atoms with E-state index in [4.69, 9.17) is 5.11 Å². The molecule has 1 aromatic carbocycles. The van der Waals surface area contributed by atoms with Crippen molar-refractivity contribution in [1.29, 1.82) is 0 Å².